The Morgan fingerprint density at radius 2 is 1.91 bits per heavy atom. The van der Waals surface area contributed by atoms with Crippen molar-refractivity contribution in [3.63, 3.8) is 0 Å². The maximum atomic E-state index is 12.4. The van der Waals surface area contributed by atoms with E-state index in [-0.39, 0.29) is 21.2 Å². The van der Waals surface area contributed by atoms with Crippen molar-refractivity contribution in [1.29, 1.82) is 0 Å². The van der Waals surface area contributed by atoms with Gasteiger partial charge in [-0.05, 0) is 47.7 Å². The summed E-state index contributed by atoms with van der Waals surface area (Å²) in [6, 6.07) is 8.99. The van der Waals surface area contributed by atoms with E-state index in [0.29, 0.717) is 9.26 Å². The van der Waals surface area contributed by atoms with Crippen molar-refractivity contribution >= 4 is 55.6 Å². The molecule has 0 aromatic heterocycles. The van der Waals surface area contributed by atoms with Crippen LogP contribution in [0.5, 0.6) is 0 Å². The molecule has 2 aromatic rings. The van der Waals surface area contributed by atoms with Gasteiger partial charge in [0.25, 0.3) is 15.7 Å². The predicted octanol–water partition coefficient (Wildman–Crippen LogP) is 3.96. The monoisotopic (exact) mass is 452 g/mol. The lowest BCUT2D eigenvalue weighted by molar-refractivity contribution is -0.385. The highest BCUT2D eigenvalue weighted by atomic mass is 127. The number of nitro benzene ring substituents is 1. The summed E-state index contributed by atoms with van der Waals surface area (Å²) in [7, 11) is -3.97. The molecule has 0 aliphatic heterocycles. The number of rotatable bonds is 4. The van der Waals surface area contributed by atoms with Crippen molar-refractivity contribution in [2.75, 3.05) is 4.72 Å². The third-order valence-corrected chi connectivity index (χ3v) is 5.59. The average Bonchev–Trinajstić information content (AvgIpc) is 2.43. The highest BCUT2D eigenvalue weighted by molar-refractivity contribution is 14.1. The molecule has 9 heteroatoms. The first-order chi connectivity index (χ1) is 10.2. The summed E-state index contributed by atoms with van der Waals surface area (Å²) < 4.78 is 27.9. The molecule has 0 atom stereocenters. The van der Waals surface area contributed by atoms with Gasteiger partial charge >= 0.3 is 0 Å². The highest BCUT2D eigenvalue weighted by Gasteiger charge is 2.23. The molecule has 0 fully saturated rings. The van der Waals surface area contributed by atoms with E-state index in [4.69, 9.17) is 11.6 Å². The largest absolute Gasteiger partial charge is 0.279 e. The summed E-state index contributed by atoms with van der Waals surface area (Å²) in [5.41, 5.74) is 0.276. The number of nitrogens with zero attached hydrogens (tertiary/aromatic N) is 1. The number of hydrogen-bond acceptors (Lipinski definition) is 4. The Bertz CT molecular complexity index is 855. The Labute approximate surface area is 145 Å². The molecule has 0 aliphatic carbocycles. The Morgan fingerprint density at radius 1 is 1.27 bits per heavy atom. The fourth-order valence-electron chi connectivity index (χ4n) is 1.73. The zero-order valence-electron chi connectivity index (χ0n) is 11.2. The molecule has 0 bridgehead atoms. The van der Waals surface area contributed by atoms with Gasteiger partial charge < -0.3 is 0 Å². The molecule has 116 valence electrons. The summed E-state index contributed by atoms with van der Waals surface area (Å²) >= 11 is 7.89. The van der Waals surface area contributed by atoms with Crippen molar-refractivity contribution in [1.82, 2.24) is 0 Å². The minimum atomic E-state index is -3.97. The first-order valence-electron chi connectivity index (χ1n) is 5.94. The van der Waals surface area contributed by atoms with E-state index < -0.39 is 14.9 Å². The minimum Gasteiger partial charge on any atom is -0.279 e. The van der Waals surface area contributed by atoms with Crippen molar-refractivity contribution in [2.24, 2.45) is 0 Å². The molecule has 2 aromatic carbocycles. The van der Waals surface area contributed by atoms with Gasteiger partial charge in [-0.15, -0.1) is 0 Å². The standard InChI is InChI=1S/C13H10ClIN2O4S/c1-8-10(14)6-9(7-13(8)17(18)19)22(20,21)16-12-5-3-2-4-11(12)15/h2-7,16H,1H3. The Morgan fingerprint density at radius 3 is 2.50 bits per heavy atom. The maximum Gasteiger partial charge on any atom is 0.275 e. The summed E-state index contributed by atoms with van der Waals surface area (Å²) in [6.45, 7) is 1.46. The van der Waals surface area contributed by atoms with Crippen LogP contribution in [0.4, 0.5) is 11.4 Å². The number of sulfonamides is 1. The molecule has 0 saturated carbocycles. The summed E-state index contributed by atoms with van der Waals surface area (Å²) in [5, 5.41) is 11.0. The van der Waals surface area contributed by atoms with Crippen LogP contribution in [0.15, 0.2) is 41.3 Å². The molecule has 6 nitrogen and oxygen atoms in total. The lowest BCUT2D eigenvalue weighted by Gasteiger charge is -2.11. The van der Waals surface area contributed by atoms with E-state index in [9.17, 15) is 18.5 Å². The van der Waals surface area contributed by atoms with Crippen molar-refractivity contribution < 1.29 is 13.3 Å². The van der Waals surface area contributed by atoms with Gasteiger partial charge in [0.05, 0.1) is 20.5 Å². The second-order valence-electron chi connectivity index (χ2n) is 4.39. The molecule has 0 spiro atoms. The van der Waals surface area contributed by atoms with Crippen LogP contribution in [-0.2, 0) is 10.0 Å². The Kier molecular flexibility index (Phi) is 4.93. The average molecular weight is 453 g/mol. The number of para-hydroxylation sites is 1. The third-order valence-electron chi connectivity index (χ3n) is 2.92. The molecular weight excluding hydrogens is 443 g/mol. The molecule has 2 rings (SSSR count). The molecule has 1 N–H and O–H groups in total. The normalized spacial score (nSPS) is 11.2. The highest BCUT2D eigenvalue weighted by Crippen LogP contribution is 2.30. The van der Waals surface area contributed by atoms with Crippen LogP contribution in [-0.4, -0.2) is 13.3 Å². The van der Waals surface area contributed by atoms with E-state index in [0.717, 1.165) is 6.07 Å². The van der Waals surface area contributed by atoms with Gasteiger partial charge in [-0.2, -0.15) is 0 Å². The van der Waals surface area contributed by atoms with Crippen LogP contribution in [0.25, 0.3) is 0 Å². The van der Waals surface area contributed by atoms with Crippen LogP contribution in [0.3, 0.4) is 0 Å². The fraction of sp³-hybridized carbons (Fsp3) is 0.0769. The molecule has 0 amide bonds. The number of anilines is 1. The van der Waals surface area contributed by atoms with Crippen molar-refractivity contribution in [2.45, 2.75) is 11.8 Å². The summed E-state index contributed by atoms with van der Waals surface area (Å²) in [6.07, 6.45) is 0. The van der Waals surface area contributed by atoms with Gasteiger partial charge in [0.2, 0.25) is 0 Å². The smallest absolute Gasteiger partial charge is 0.275 e. The van der Waals surface area contributed by atoms with Crippen LogP contribution in [0.1, 0.15) is 5.56 Å². The lowest BCUT2D eigenvalue weighted by atomic mass is 10.2. The summed E-state index contributed by atoms with van der Waals surface area (Å²) in [4.78, 5) is 10.1. The van der Waals surface area contributed by atoms with Crippen molar-refractivity contribution in [3.8, 4) is 0 Å². The quantitative estimate of drug-likeness (QED) is 0.432. The second-order valence-corrected chi connectivity index (χ2v) is 7.64. The molecule has 0 heterocycles. The predicted molar refractivity (Wildman–Crippen MR) is 92.8 cm³/mol. The van der Waals surface area contributed by atoms with Gasteiger partial charge in [-0.25, -0.2) is 8.42 Å². The van der Waals surface area contributed by atoms with E-state index >= 15 is 0 Å². The van der Waals surface area contributed by atoms with Gasteiger partial charge in [-0.1, -0.05) is 23.7 Å². The molecule has 0 saturated heterocycles. The van der Waals surface area contributed by atoms with E-state index in [1.807, 2.05) is 22.6 Å². The third kappa shape index (κ3) is 3.50. The second kappa shape index (κ2) is 6.39. The van der Waals surface area contributed by atoms with Crippen molar-refractivity contribution in [3.05, 3.63) is 60.7 Å². The van der Waals surface area contributed by atoms with Crippen LogP contribution < -0.4 is 4.72 Å². The first-order valence-corrected chi connectivity index (χ1v) is 8.88. The fourth-order valence-corrected chi connectivity index (χ4v) is 3.84. The Hall–Kier alpha value is -1.39. The zero-order chi connectivity index (χ0) is 16.5. The van der Waals surface area contributed by atoms with E-state index in [1.165, 1.54) is 13.0 Å². The molecule has 22 heavy (non-hydrogen) atoms. The van der Waals surface area contributed by atoms with Crippen LogP contribution in [0, 0.1) is 20.6 Å². The number of nitro groups is 1. The van der Waals surface area contributed by atoms with E-state index in [1.54, 1.807) is 24.3 Å². The molecule has 0 aliphatic rings. The minimum absolute atomic E-state index is 0.0253. The van der Waals surface area contributed by atoms with Gasteiger partial charge in [0.15, 0.2) is 0 Å². The maximum absolute atomic E-state index is 12.4. The molecule has 0 unspecified atom stereocenters. The van der Waals surface area contributed by atoms with Gasteiger partial charge in [-0.3, -0.25) is 14.8 Å². The van der Waals surface area contributed by atoms with Crippen LogP contribution >= 0.6 is 34.2 Å². The van der Waals surface area contributed by atoms with Crippen LogP contribution in [0.2, 0.25) is 5.02 Å². The SMILES string of the molecule is Cc1c(Cl)cc(S(=O)(=O)Nc2ccccc2I)cc1[N+](=O)[O-]. The number of halogens is 2. The topological polar surface area (TPSA) is 89.3 Å². The number of nitrogens with one attached hydrogen (secondary N) is 1. The van der Waals surface area contributed by atoms with Gasteiger partial charge in [0, 0.05) is 15.2 Å². The number of hydrogen-bond donors (Lipinski definition) is 1. The summed E-state index contributed by atoms with van der Waals surface area (Å²) in [5.74, 6) is 0. The van der Waals surface area contributed by atoms with Gasteiger partial charge in [0.1, 0.15) is 0 Å². The Balaban J connectivity index is 2.51. The lowest BCUT2D eigenvalue weighted by Crippen LogP contribution is -2.14. The molecular formula is C13H10ClIN2O4S. The molecule has 0 radical (unpaired) electrons. The first kappa shape index (κ1) is 17.0. The number of benzene rings is 2. The zero-order valence-corrected chi connectivity index (χ0v) is 14.9. The van der Waals surface area contributed by atoms with E-state index in [2.05, 4.69) is 4.72 Å².